The Morgan fingerprint density at radius 2 is 1.69 bits per heavy atom. The molecule has 10 heteroatoms. The number of ether oxygens (including phenoxy) is 1. The number of esters is 1. The van der Waals surface area contributed by atoms with E-state index in [1.54, 1.807) is 13.8 Å². The summed E-state index contributed by atoms with van der Waals surface area (Å²) in [5.74, 6) is -1.28. The normalized spacial score (nSPS) is 11.4. The quantitative estimate of drug-likeness (QED) is 0.361. The first-order valence-electron chi connectivity index (χ1n) is 8.30. The molecule has 0 N–H and O–H groups in total. The molecule has 1 heterocycles. The van der Waals surface area contributed by atoms with Crippen LogP contribution >= 0.6 is 23.2 Å². The highest BCUT2D eigenvalue weighted by atomic mass is 35.5. The third kappa shape index (κ3) is 4.82. The summed E-state index contributed by atoms with van der Waals surface area (Å²) in [6.07, 6.45) is -3.35. The molecule has 5 nitrogen and oxygen atoms in total. The third-order valence-corrected chi connectivity index (χ3v) is 4.90. The summed E-state index contributed by atoms with van der Waals surface area (Å²) >= 11 is 10.6. The molecule has 0 bridgehead atoms. The van der Waals surface area contributed by atoms with Gasteiger partial charge in [-0.1, -0.05) is 6.07 Å². The van der Waals surface area contributed by atoms with Gasteiger partial charge in [-0.25, -0.2) is 4.79 Å². The highest BCUT2D eigenvalue weighted by Crippen LogP contribution is 2.42. The fourth-order valence-corrected chi connectivity index (χ4v) is 3.26. The van der Waals surface area contributed by atoms with Crippen molar-refractivity contribution in [2.75, 3.05) is 6.61 Å². The molecule has 2 aromatic rings. The second-order valence-corrected chi connectivity index (χ2v) is 7.01. The van der Waals surface area contributed by atoms with E-state index in [0.717, 1.165) is 6.07 Å². The number of carbonyl (C=O) groups is 3. The van der Waals surface area contributed by atoms with Gasteiger partial charge in [-0.05, 0) is 66.7 Å². The van der Waals surface area contributed by atoms with Crippen LogP contribution in [-0.4, -0.2) is 27.6 Å². The van der Waals surface area contributed by atoms with Gasteiger partial charge in [-0.2, -0.15) is 13.2 Å². The summed E-state index contributed by atoms with van der Waals surface area (Å²) in [5, 5.41) is -2.16. The molecule has 0 saturated heterocycles. The van der Waals surface area contributed by atoms with E-state index in [9.17, 15) is 27.6 Å². The van der Waals surface area contributed by atoms with Gasteiger partial charge in [0.05, 0.1) is 23.4 Å². The van der Waals surface area contributed by atoms with Crippen molar-refractivity contribution in [2.24, 2.45) is 0 Å². The van der Waals surface area contributed by atoms with Gasteiger partial charge in [0.2, 0.25) is 0 Å². The first kappa shape index (κ1) is 23.0. The van der Waals surface area contributed by atoms with Crippen LogP contribution in [0.5, 0.6) is 0 Å². The average Bonchev–Trinajstić information content (AvgIpc) is 2.92. The monoisotopic (exact) mass is 449 g/mol. The molecular formula is C19H16Cl2F3NO4. The van der Waals surface area contributed by atoms with Crippen molar-refractivity contribution in [3.05, 3.63) is 46.1 Å². The van der Waals surface area contributed by atoms with Crippen LogP contribution in [0.25, 0.3) is 11.3 Å². The van der Waals surface area contributed by atoms with Crippen molar-refractivity contribution >= 4 is 39.7 Å². The van der Waals surface area contributed by atoms with Crippen LogP contribution in [0.4, 0.5) is 13.2 Å². The molecule has 0 radical (unpaired) electrons. The molecule has 1 aromatic carbocycles. The zero-order valence-corrected chi connectivity index (χ0v) is 17.1. The molecule has 0 unspecified atom stereocenters. The topological polar surface area (TPSA) is 65.4 Å². The van der Waals surface area contributed by atoms with E-state index in [0.29, 0.717) is 11.1 Å². The minimum Gasteiger partial charge on any atom is -0.457 e. The Hall–Kier alpha value is -2.32. The first-order chi connectivity index (χ1) is 13.4. The highest BCUT2D eigenvalue weighted by molar-refractivity contribution is 6.80. The Morgan fingerprint density at radius 1 is 1.07 bits per heavy atom. The lowest BCUT2D eigenvalue weighted by Gasteiger charge is -2.20. The number of aryl methyl sites for hydroxylation is 1. The highest BCUT2D eigenvalue weighted by Gasteiger charge is 2.36. The SMILES string of the molecule is Cc1ccc(C(F)(F)F)c(-c2c(C)c(C(=O)Cl)cn2CCOC(=O)C(=O)Cl)c1C. The molecular weight excluding hydrogens is 434 g/mol. The minimum atomic E-state index is -4.64. The second kappa shape index (κ2) is 8.59. The van der Waals surface area contributed by atoms with E-state index in [4.69, 9.17) is 23.2 Å². The summed E-state index contributed by atoms with van der Waals surface area (Å²) in [4.78, 5) is 33.7. The van der Waals surface area contributed by atoms with E-state index in [-0.39, 0.29) is 35.5 Å². The third-order valence-electron chi connectivity index (χ3n) is 4.55. The van der Waals surface area contributed by atoms with Crippen LogP contribution in [-0.2, 0) is 27.0 Å². The zero-order valence-electron chi connectivity index (χ0n) is 15.6. The Bertz CT molecular complexity index is 996. The van der Waals surface area contributed by atoms with E-state index in [1.165, 1.54) is 23.8 Å². The Morgan fingerprint density at radius 3 is 2.21 bits per heavy atom. The number of halogens is 5. The second-order valence-electron chi connectivity index (χ2n) is 6.32. The fourth-order valence-electron chi connectivity index (χ4n) is 3.02. The van der Waals surface area contributed by atoms with Crippen LogP contribution in [0.2, 0.25) is 0 Å². The van der Waals surface area contributed by atoms with Gasteiger partial charge >= 0.3 is 17.4 Å². The molecule has 0 spiro atoms. The Labute approximate surface area is 174 Å². The summed E-state index contributed by atoms with van der Waals surface area (Å²) in [6, 6.07) is 2.34. The number of benzene rings is 1. The molecule has 0 saturated carbocycles. The van der Waals surface area contributed by atoms with Crippen molar-refractivity contribution in [3.8, 4) is 11.3 Å². The lowest BCUT2D eigenvalue weighted by Crippen LogP contribution is -2.17. The predicted molar refractivity (Wildman–Crippen MR) is 101 cm³/mol. The van der Waals surface area contributed by atoms with Crippen molar-refractivity contribution < 1.29 is 32.3 Å². The van der Waals surface area contributed by atoms with Crippen molar-refractivity contribution in [3.63, 3.8) is 0 Å². The van der Waals surface area contributed by atoms with Gasteiger partial charge in [0.1, 0.15) is 6.61 Å². The van der Waals surface area contributed by atoms with E-state index < -0.39 is 28.2 Å². The Kier molecular flexibility index (Phi) is 6.80. The lowest BCUT2D eigenvalue weighted by molar-refractivity contribution is -0.150. The molecule has 2 rings (SSSR count). The van der Waals surface area contributed by atoms with Gasteiger partial charge in [-0.15, -0.1) is 0 Å². The number of hydrogen-bond acceptors (Lipinski definition) is 4. The van der Waals surface area contributed by atoms with Crippen molar-refractivity contribution in [2.45, 2.75) is 33.5 Å². The summed E-state index contributed by atoms with van der Waals surface area (Å²) in [7, 11) is 0. The molecule has 0 atom stereocenters. The standard InChI is InChI=1S/C19H16Cl2F3NO4/c1-9-4-5-13(19(22,23)24)14(10(9)2)15-11(3)12(16(20)26)8-25(15)6-7-29-18(28)17(21)27/h4-5,8H,6-7H2,1-3H3. The molecule has 29 heavy (non-hydrogen) atoms. The number of nitrogens with zero attached hydrogens (tertiary/aromatic N) is 1. The van der Waals surface area contributed by atoms with Crippen LogP contribution in [0, 0.1) is 20.8 Å². The van der Waals surface area contributed by atoms with Crippen LogP contribution in [0.15, 0.2) is 18.3 Å². The predicted octanol–water partition coefficient (Wildman–Crippen LogP) is 4.79. The zero-order chi connectivity index (χ0) is 22.1. The van der Waals surface area contributed by atoms with E-state index in [2.05, 4.69) is 4.74 Å². The molecule has 0 amide bonds. The van der Waals surface area contributed by atoms with Crippen LogP contribution in [0.1, 0.15) is 32.6 Å². The maximum Gasteiger partial charge on any atom is 0.417 e. The number of carbonyl (C=O) groups excluding carboxylic acids is 3. The molecule has 0 aliphatic carbocycles. The average molecular weight is 450 g/mol. The van der Waals surface area contributed by atoms with Crippen LogP contribution < -0.4 is 0 Å². The van der Waals surface area contributed by atoms with E-state index >= 15 is 0 Å². The summed E-state index contributed by atoms with van der Waals surface area (Å²) < 4.78 is 47.1. The largest absolute Gasteiger partial charge is 0.457 e. The van der Waals surface area contributed by atoms with Gasteiger partial charge in [0, 0.05) is 11.8 Å². The maximum absolute atomic E-state index is 13.7. The molecule has 156 valence electrons. The van der Waals surface area contributed by atoms with Gasteiger partial charge < -0.3 is 9.30 Å². The smallest absolute Gasteiger partial charge is 0.417 e. The number of alkyl halides is 3. The lowest BCUT2D eigenvalue weighted by atomic mass is 9.92. The fraction of sp³-hybridized carbons (Fsp3) is 0.316. The first-order valence-corrected chi connectivity index (χ1v) is 9.05. The molecule has 0 fully saturated rings. The molecule has 0 aliphatic rings. The van der Waals surface area contributed by atoms with Gasteiger partial charge in [-0.3, -0.25) is 9.59 Å². The minimum absolute atomic E-state index is 0.0236. The van der Waals surface area contributed by atoms with E-state index in [1.807, 2.05) is 0 Å². The number of rotatable bonds is 6. The van der Waals surface area contributed by atoms with Crippen LogP contribution in [0.3, 0.4) is 0 Å². The maximum atomic E-state index is 13.7. The summed E-state index contributed by atoms with van der Waals surface area (Å²) in [5.41, 5.74) is 0.431. The summed E-state index contributed by atoms with van der Waals surface area (Å²) in [6.45, 7) is 4.23. The van der Waals surface area contributed by atoms with Gasteiger partial charge in [0.15, 0.2) is 0 Å². The van der Waals surface area contributed by atoms with Crippen molar-refractivity contribution in [1.29, 1.82) is 0 Å². The van der Waals surface area contributed by atoms with Gasteiger partial charge in [0.25, 0.3) is 5.24 Å². The number of hydrogen-bond donors (Lipinski definition) is 0. The Balaban J connectivity index is 2.66. The molecule has 1 aromatic heterocycles. The van der Waals surface area contributed by atoms with Crippen molar-refractivity contribution in [1.82, 2.24) is 4.57 Å². The molecule has 0 aliphatic heterocycles. The number of aromatic nitrogens is 1.